The summed E-state index contributed by atoms with van der Waals surface area (Å²) in [4.78, 5) is 27.1. The van der Waals surface area contributed by atoms with Crippen molar-refractivity contribution in [2.24, 2.45) is 0 Å². The van der Waals surface area contributed by atoms with Crippen molar-refractivity contribution in [3.8, 4) is 5.69 Å². The lowest BCUT2D eigenvalue weighted by Crippen LogP contribution is -2.40. The first kappa shape index (κ1) is 25.6. The number of nitrogens with one attached hydrogen (secondary N) is 2. The first-order valence-corrected chi connectivity index (χ1v) is 11.7. The number of urea groups is 1. The monoisotopic (exact) mass is 501 g/mol. The Bertz CT molecular complexity index is 1180. The normalized spacial score (nSPS) is 11.3. The van der Waals surface area contributed by atoms with Gasteiger partial charge in [0.25, 0.3) is 0 Å². The zero-order valence-electron chi connectivity index (χ0n) is 19.9. The average Bonchev–Trinajstić information content (AvgIpc) is 3.20. The zero-order chi connectivity index (χ0) is 25.0. The number of carbonyl (C=O) groups is 2. The van der Waals surface area contributed by atoms with Crippen LogP contribution in [0.2, 0.25) is 10.0 Å². The molecule has 3 amide bonds. The summed E-state index contributed by atoms with van der Waals surface area (Å²) in [7, 11) is 0. The highest BCUT2D eigenvalue weighted by molar-refractivity contribution is 6.43. The van der Waals surface area contributed by atoms with Crippen LogP contribution in [0, 0.1) is 6.92 Å². The number of benzene rings is 2. The Balaban J connectivity index is 1.78. The molecule has 180 valence electrons. The van der Waals surface area contributed by atoms with E-state index in [1.165, 1.54) is 4.90 Å². The van der Waals surface area contributed by atoms with E-state index >= 15 is 0 Å². The number of aryl methyl sites for hydroxylation is 1. The van der Waals surface area contributed by atoms with E-state index in [0.29, 0.717) is 23.1 Å². The Labute approximate surface area is 210 Å². The standard InChI is InChI=1S/C25H29Cl2N5O2/c1-6-31(24(34)28-19-9-7-8-18(26)23(19)27)15-22(33)29-21-14-20(25(3,4)5)30-32(21)17-12-10-16(2)11-13-17/h7-14H,6,15H2,1-5H3,(H,28,34)(H,29,33). The lowest BCUT2D eigenvalue weighted by Gasteiger charge is -2.21. The van der Waals surface area contributed by atoms with Gasteiger partial charge in [0.15, 0.2) is 0 Å². The summed E-state index contributed by atoms with van der Waals surface area (Å²) in [6.45, 7) is 10.2. The molecule has 0 bridgehead atoms. The van der Waals surface area contributed by atoms with Crippen molar-refractivity contribution in [2.75, 3.05) is 23.7 Å². The second kappa shape index (κ2) is 10.5. The largest absolute Gasteiger partial charge is 0.322 e. The highest BCUT2D eigenvalue weighted by Crippen LogP contribution is 2.30. The maximum Gasteiger partial charge on any atom is 0.322 e. The van der Waals surface area contributed by atoms with Crippen molar-refractivity contribution in [3.05, 3.63) is 69.8 Å². The molecule has 0 fully saturated rings. The summed E-state index contributed by atoms with van der Waals surface area (Å²) in [5.74, 6) is 0.191. The topological polar surface area (TPSA) is 79.3 Å². The van der Waals surface area contributed by atoms with Gasteiger partial charge in [0.05, 0.1) is 27.1 Å². The van der Waals surface area contributed by atoms with Gasteiger partial charge in [-0.15, -0.1) is 0 Å². The van der Waals surface area contributed by atoms with Crippen molar-refractivity contribution >= 4 is 46.6 Å². The van der Waals surface area contributed by atoms with Crippen molar-refractivity contribution in [1.82, 2.24) is 14.7 Å². The molecule has 0 radical (unpaired) electrons. The van der Waals surface area contributed by atoms with Gasteiger partial charge in [-0.25, -0.2) is 9.48 Å². The van der Waals surface area contributed by atoms with E-state index in [4.69, 9.17) is 28.3 Å². The predicted octanol–water partition coefficient (Wildman–Crippen LogP) is 6.28. The van der Waals surface area contributed by atoms with E-state index in [1.54, 1.807) is 29.8 Å². The van der Waals surface area contributed by atoms with Crippen LogP contribution in [0.4, 0.5) is 16.3 Å². The number of halogens is 2. The fourth-order valence-corrected chi connectivity index (χ4v) is 3.54. The average molecular weight is 502 g/mol. The first-order valence-electron chi connectivity index (χ1n) is 11.0. The Morgan fingerprint density at radius 1 is 1.06 bits per heavy atom. The molecule has 3 rings (SSSR count). The molecule has 0 aliphatic heterocycles. The molecule has 3 aromatic rings. The third-order valence-corrected chi connectivity index (χ3v) is 6.04. The predicted molar refractivity (Wildman–Crippen MR) is 138 cm³/mol. The molecule has 0 aliphatic rings. The van der Waals surface area contributed by atoms with Crippen molar-refractivity contribution in [3.63, 3.8) is 0 Å². The summed E-state index contributed by atoms with van der Waals surface area (Å²) < 4.78 is 1.71. The number of hydrogen-bond donors (Lipinski definition) is 2. The number of nitrogens with zero attached hydrogens (tertiary/aromatic N) is 3. The van der Waals surface area contributed by atoms with Crippen LogP contribution < -0.4 is 10.6 Å². The van der Waals surface area contributed by atoms with E-state index in [1.807, 2.05) is 37.3 Å². The summed E-state index contributed by atoms with van der Waals surface area (Å²) in [6, 6.07) is 14.3. The van der Waals surface area contributed by atoms with Crippen LogP contribution >= 0.6 is 23.2 Å². The summed E-state index contributed by atoms with van der Waals surface area (Å²) in [5.41, 5.74) is 2.97. The minimum absolute atomic E-state index is 0.148. The quantitative estimate of drug-likeness (QED) is 0.417. The Kier molecular flexibility index (Phi) is 7.89. The lowest BCUT2D eigenvalue weighted by atomic mass is 9.92. The number of rotatable bonds is 6. The highest BCUT2D eigenvalue weighted by Gasteiger charge is 2.23. The number of aromatic nitrogens is 2. The van der Waals surface area contributed by atoms with E-state index in [9.17, 15) is 9.59 Å². The molecule has 2 aromatic carbocycles. The van der Waals surface area contributed by atoms with Gasteiger partial charge >= 0.3 is 6.03 Å². The van der Waals surface area contributed by atoms with Gasteiger partial charge in [-0.05, 0) is 38.1 Å². The van der Waals surface area contributed by atoms with Crippen LogP contribution in [0.5, 0.6) is 0 Å². The Morgan fingerprint density at radius 2 is 1.74 bits per heavy atom. The molecule has 9 heteroatoms. The van der Waals surface area contributed by atoms with Crippen LogP contribution in [0.25, 0.3) is 5.69 Å². The second-order valence-corrected chi connectivity index (χ2v) is 9.79. The maximum absolute atomic E-state index is 12.9. The van der Waals surface area contributed by atoms with Crippen LogP contribution in [0.3, 0.4) is 0 Å². The number of carbonyl (C=O) groups excluding carboxylic acids is 2. The minimum Gasteiger partial charge on any atom is -0.315 e. The third kappa shape index (κ3) is 6.10. The van der Waals surface area contributed by atoms with Crippen molar-refractivity contribution in [2.45, 2.75) is 40.0 Å². The van der Waals surface area contributed by atoms with E-state index in [2.05, 4.69) is 31.4 Å². The van der Waals surface area contributed by atoms with Gasteiger partial charge in [0.1, 0.15) is 12.4 Å². The van der Waals surface area contributed by atoms with Crippen molar-refractivity contribution < 1.29 is 9.59 Å². The Morgan fingerprint density at radius 3 is 2.35 bits per heavy atom. The third-order valence-electron chi connectivity index (χ3n) is 5.22. The molecule has 0 spiro atoms. The van der Waals surface area contributed by atoms with Gasteiger partial charge < -0.3 is 15.5 Å². The highest BCUT2D eigenvalue weighted by atomic mass is 35.5. The van der Waals surface area contributed by atoms with Crippen molar-refractivity contribution in [1.29, 1.82) is 0 Å². The molecule has 0 saturated heterocycles. The fourth-order valence-electron chi connectivity index (χ4n) is 3.20. The zero-order valence-corrected chi connectivity index (χ0v) is 21.5. The molecular formula is C25H29Cl2N5O2. The molecule has 34 heavy (non-hydrogen) atoms. The molecule has 0 unspecified atom stereocenters. The minimum atomic E-state index is -0.454. The summed E-state index contributed by atoms with van der Waals surface area (Å²) in [6.07, 6.45) is 0. The summed E-state index contributed by atoms with van der Waals surface area (Å²) >= 11 is 12.2. The van der Waals surface area contributed by atoms with E-state index in [0.717, 1.165) is 16.9 Å². The van der Waals surface area contributed by atoms with E-state index < -0.39 is 6.03 Å². The molecule has 1 heterocycles. The smallest absolute Gasteiger partial charge is 0.315 e. The number of anilines is 2. The van der Waals surface area contributed by atoms with Crippen LogP contribution in [0.15, 0.2) is 48.5 Å². The van der Waals surface area contributed by atoms with Gasteiger partial charge in [0.2, 0.25) is 5.91 Å². The van der Waals surface area contributed by atoms with Crippen LogP contribution in [0.1, 0.15) is 39.0 Å². The second-order valence-electron chi connectivity index (χ2n) is 9.01. The SMILES string of the molecule is CCN(CC(=O)Nc1cc(C(C)(C)C)nn1-c1ccc(C)cc1)C(=O)Nc1cccc(Cl)c1Cl. The molecule has 1 aromatic heterocycles. The fraction of sp³-hybridized carbons (Fsp3) is 0.320. The molecule has 0 atom stereocenters. The summed E-state index contributed by atoms with van der Waals surface area (Å²) in [5, 5.41) is 10.9. The molecule has 0 saturated carbocycles. The van der Waals surface area contributed by atoms with Crippen LogP contribution in [-0.2, 0) is 10.2 Å². The van der Waals surface area contributed by atoms with Crippen LogP contribution in [-0.4, -0.2) is 39.7 Å². The van der Waals surface area contributed by atoms with Gasteiger partial charge in [-0.3, -0.25) is 4.79 Å². The number of hydrogen-bond acceptors (Lipinski definition) is 3. The van der Waals surface area contributed by atoms with Gasteiger partial charge in [-0.1, -0.05) is 67.7 Å². The number of amides is 3. The molecule has 0 aliphatic carbocycles. The molecular weight excluding hydrogens is 473 g/mol. The number of likely N-dealkylation sites (N-methyl/N-ethyl adjacent to an activating group) is 1. The molecule has 2 N–H and O–H groups in total. The lowest BCUT2D eigenvalue weighted by molar-refractivity contribution is -0.116. The van der Waals surface area contributed by atoms with Gasteiger partial charge in [0, 0.05) is 18.0 Å². The maximum atomic E-state index is 12.9. The Hall–Kier alpha value is -3.03. The molecule has 7 nitrogen and oxygen atoms in total. The van der Waals surface area contributed by atoms with E-state index in [-0.39, 0.29) is 22.9 Å². The van der Waals surface area contributed by atoms with Gasteiger partial charge in [-0.2, -0.15) is 5.10 Å². The first-order chi connectivity index (χ1) is 16.0.